The van der Waals surface area contributed by atoms with E-state index in [9.17, 15) is 8.42 Å². The second kappa shape index (κ2) is 4.09. The summed E-state index contributed by atoms with van der Waals surface area (Å²) in [7, 11) is -1.68. The van der Waals surface area contributed by atoms with Gasteiger partial charge in [0.1, 0.15) is 0 Å². The number of imidazole rings is 1. The molecular formula is C11H12N2O2S. The van der Waals surface area contributed by atoms with E-state index >= 15 is 0 Å². The van der Waals surface area contributed by atoms with Crippen molar-refractivity contribution in [2.24, 2.45) is 7.05 Å². The zero-order valence-electron chi connectivity index (χ0n) is 8.87. The Balaban J connectivity index is 2.32. The molecule has 0 saturated heterocycles. The average molecular weight is 236 g/mol. The van der Waals surface area contributed by atoms with Gasteiger partial charge in [0.25, 0.3) is 0 Å². The van der Waals surface area contributed by atoms with Crippen molar-refractivity contribution in [1.82, 2.24) is 9.55 Å². The Labute approximate surface area is 94.5 Å². The van der Waals surface area contributed by atoms with Gasteiger partial charge in [-0.3, -0.25) is 0 Å². The normalized spacial score (nSPS) is 11.6. The van der Waals surface area contributed by atoms with Crippen molar-refractivity contribution in [3.8, 4) is 0 Å². The first-order chi connectivity index (χ1) is 7.59. The molecule has 1 aromatic carbocycles. The molecule has 0 aliphatic rings. The monoisotopic (exact) mass is 236 g/mol. The predicted molar refractivity (Wildman–Crippen MR) is 60.5 cm³/mol. The maximum atomic E-state index is 12.0. The van der Waals surface area contributed by atoms with Crippen LogP contribution in [-0.2, 0) is 22.6 Å². The summed E-state index contributed by atoms with van der Waals surface area (Å²) >= 11 is 0. The first-order valence-corrected chi connectivity index (χ1v) is 6.49. The third-order valence-corrected chi connectivity index (χ3v) is 3.92. The van der Waals surface area contributed by atoms with Crippen LogP contribution in [0.3, 0.4) is 0 Å². The minimum absolute atomic E-state index is 0.0152. The van der Waals surface area contributed by atoms with Gasteiger partial charge in [-0.05, 0) is 5.56 Å². The lowest BCUT2D eigenvalue weighted by Crippen LogP contribution is -2.10. The lowest BCUT2D eigenvalue weighted by molar-refractivity contribution is 0.578. The highest BCUT2D eigenvalue weighted by Gasteiger charge is 2.19. The summed E-state index contributed by atoms with van der Waals surface area (Å²) in [5.74, 6) is -0.0152. The summed E-state index contributed by atoms with van der Waals surface area (Å²) in [5, 5.41) is 0.108. The largest absolute Gasteiger partial charge is 0.325 e. The van der Waals surface area contributed by atoms with Crippen LogP contribution in [0.4, 0.5) is 0 Å². The molecule has 0 aliphatic carbocycles. The Bertz CT molecular complexity index is 573. The van der Waals surface area contributed by atoms with Crippen molar-refractivity contribution in [2.75, 3.05) is 0 Å². The molecule has 0 fully saturated rings. The molecule has 2 rings (SSSR count). The standard InChI is InChI=1S/C11H12N2O2S/c1-13-8-7-12-11(13)16(14,15)9-10-5-3-2-4-6-10/h2-8H,9H2,1H3. The molecular weight excluding hydrogens is 224 g/mol. The minimum atomic E-state index is -3.35. The number of hydrogen-bond donors (Lipinski definition) is 0. The lowest BCUT2D eigenvalue weighted by Gasteiger charge is -2.03. The fraction of sp³-hybridized carbons (Fsp3) is 0.182. The molecule has 0 bridgehead atoms. The van der Waals surface area contributed by atoms with Crippen molar-refractivity contribution in [3.05, 3.63) is 48.3 Å². The highest BCUT2D eigenvalue weighted by molar-refractivity contribution is 7.90. The third kappa shape index (κ3) is 2.14. The van der Waals surface area contributed by atoms with Crippen molar-refractivity contribution < 1.29 is 8.42 Å². The van der Waals surface area contributed by atoms with E-state index in [-0.39, 0.29) is 10.9 Å². The fourth-order valence-corrected chi connectivity index (χ4v) is 2.99. The number of sulfone groups is 1. The first kappa shape index (κ1) is 10.9. The van der Waals surface area contributed by atoms with Crippen molar-refractivity contribution in [3.63, 3.8) is 0 Å². The van der Waals surface area contributed by atoms with E-state index in [1.165, 1.54) is 10.8 Å². The Kier molecular flexibility index (Phi) is 2.78. The van der Waals surface area contributed by atoms with E-state index in [1.807, 2.05) is 18.2 Å². The Morgan fingerprint density at radius 1 is 1.25 bits per heavy atom. The van der Waals surface area contributed by atoms with Crippen LogP contribution in [0.2, 0.25) is 0 Å². The molecule has 0 unspecified atom stereocenters. The molecule has 2 aromatic rings. The number of rotatable bonds is 3. The van der Waals surface area contributed by atoms with Gasteiger partial charge in [0.15, 0.2) is 0 Å². The van der Waals surface area contributed by atoms with Crippen LogP contribution >= 0.6 is 0 Å². The smallest absolute Gasteiger partial charge is 0.227 e. The molecule has 1 heterocycles. The SMILES string of the molecule is Cn1ccnc1S(=O)(=O)Cc1ccccc1. The zero-order valence-corrected chi connectivity index (χ0v) is 9.68. The third-order valence-electron chi connectivity index (χ3n) is 2.25. The van der Waals surface area contributed by atoms with Crippen LogP contribution in [0.1, 0.15) is 5.56 Å². The van der Waals surface area contributed by atoms with E-state index in [0.717, 1.165) is 5.56 Å². The average Bonchev–Trinajstić information content (AvgIpc) is 2.66. The second-order valence-corrected chi connectivity index (χ2v) is 5.45. The molecule has 0 radical (unpaired) electrons. The molecule has 0 spiro atoms. The lowest BCUT2D eigenvalue weighted by atomic mass is 10.2. The van der Waals surface area contributed by atoms with Gasteiger partial charge in [-0.15, -0.1) is 0 Å². The van der Waals surface area contributed by atoms with Gasteiger partial charge in [0.2, 0.25) is 15.0 Å². The van der Waals surface area contributed by atoms with E-state index in [0.29, 0.717) is 0 Å². The minimum Gasteiger partial charge on any atom is -0.325 e. The number of nitrogens with zero attached hydrogens (tertiary/aromatic N) is 2. The van der Waals surface area contributed by atoms with Crippen LogP contribution in [-0.4, -0.2) is 18.0 Å². The van der Waals surface area contributed by atoms with Crippen molar-refractivity contribution >= 4 is 9.84 Å². The molecule has 5 heteroatoms. The summed E-state index contributed by atoms with van der Waals surface area (Å²) in [5.41, 5.74) is 0.769. The van der Waals surface area contributed by atoms with Crippen molar-refractivity contribution in [2.45, 2.75) is 10.9 Å². The van der Waals surface area contributed by atoms with Crippen molar-refractivity contribution in [1.29, 1.82) is 0 Å². The van der Waals surface area contributed by atoms with Gasteiger partial charge < -0.3 is 4.57 Å². The summed E-state index contributed by atoms with van der Waals surface area (Å²) in [6, 6.07) is 9.09. The number of hydrogen-bond acceptors (Lipinski definition) is 3. The molecule has 1 aromatic heterocycles. The summed E-state index contributed by atoms with van der Waals surface area (Å²) in [4.78, 5) is 3.86. The second-order valence-electron chi connectivity index (χ2n) is 3.57. The van der Waals surface area contributed by atoms with Gasteiger partial charge in [-0.1, -0.05) is 30.3 Å². The van der Waals surface area contributed by atoms with E-state index in [4.69, 9.17) is 0 Å². The number of aryl methyl sites for hydroxylation is 1. The van der Waals surface area contributed by atoms with Crippen LogP contribution in [0.25, 0.3) is 0 Å². The summed E-state index contributed by atoms with van der Waals surface area (Å²) < 4.78 is 25.5. The molecule has 0 aliphatic heterocycles. The van der Waals surface area contributed by atoms with Gasteiger partial charge in [0, 0.05) is 19.4 Å². The fourth-order valence-electron chi connectivity index (χ4n) is 1.51. The van der Waals surface area contributed by atoms with Gasteiger partial charge >= 0.3 is 0 Å². The summed E-state index contributed by atoms with van der Waals surface area (Å²) in [6.45, 7) is 0. The molecule has 0 saturated carbocycles. The first-order valence-electron chi connectivity index (χ1n) is 4.83. The number of benzene rings is 1. The zero-order chi connectivity index (χ0) is 11.6. The van der Waals surface area contributed by atoms with E-state index in [1.54, 1.807) is 25.4 Å². The number of aromatic nitrogens is 2. The maximum Gasteiger partial charge on any atom is 0.227 e. The van der Waals surface area contributed by atoms with E-state index < -0.39 is 9.84 Å². The molecule has 0 N–H and O–H groups in total. The summed E-state index contributed by atoms with van der Waals surface area (Å²) in [6.07, 6.45) is 3.11. The van der Waals surface area contributed by atoms with Crippen LogP contribution < -0.4 is 0 Å². The van der Waals surface area contributed by atoms with Gasteiger partial charge in [-0.25, -0.2) is 13.4 Å². The van der Waals surface area contributed by atoms with Crippen LogP contribution in [0, 0.1) is 0 Å². The Morgan fingerprint density at radius 3 is 2.50 bits per heavy atom. The Morgan fingerprint density at radius 2 is 1.94 bits per heavy atom. The van der Waals surface area contributed by atoms with E-state index in [2.05, 4.69) is 4.98 Å². The molecule has 0 atom stereocenters. The predicted octanol–water partition coefficient (Wildman–Crippen LogP) is 1.39. The van der Waals surface area contributed by atoms with Gasteiger partial charge in [-0.2, -0.15) is 0 Å². The maximum absolute atomic E-state index is 12.0. The molecule has 16 heavy (non-hydrogen) atoms. The molecule has 0 amide bonds. The van der Waals surface area contributed by atoms with Crippen LogP contribution in [0.15, 0.2) is 47.9 Å². The van der Waals surface area contributed by atoms with Gasteiger partial charge in [0.05, 0.1) is 5.75 Å². The highest BCUT2D eigenvalue weighted by Crippen LogP contribution is 2.13. The molecule has 84 valence electrons. The quantitative estimate of drug-likeness (QED) is 0.809. The molecule has 4 nitrogen and oxygen atoms in total. The Hall–Kier alpha value is -1.62. The van der Waals surface area contributed by atoms with Crippen LogP contribution in [0.5, 0.6) is 0 Å². The topological polar surface area (TPSA) is 52.0 Å². The highest BCUT2D eigenvalue weighted by atomic mass is 32.2.